The number of hydrogen-bond donors (Lipinski definition) is 0. The molecule has 0 nitrogen and oxygen atoms in total. The molecule has 2 rings (SSSR count). The molecule has 0 aromatic rings. The lowest BCUT2D eigenvalue weighted by Crippen LogP contribution is -2.30. The SMILES string of the molecule is CCCC1CCC(C2CCC(C)(CCC)CC2)CC1. The maximum atomic E-state index is 2.55. The van der Waals surface area contributed by atoms with E-state index in [-0.39, 0.29) is 0 Å². The van der Waals surface area contributed by atoms with Crippen LogP contribution >= 0.6 is 0 Å². The lowest BCUT2D eigenvalue weighted by atomic mass is 9.64. The van der Waals surface area contributed by atoms with Gasteiger partial charge in [0.2, 0.25) is 0 Å². The maximum Gasteiger partial charge on any atom is -0.0326 e. The van der Waals surface area contributed by atoms with Crippen LogP contribution in [-0.2, 0) is 0 Å². The molecular formula is C19H36. The smallest absolute Gasteiger partial charge is 0.0326 e. The highest BCUT2D eigenvalue weighted by Gasteiger charge is 2.34. The highest BCUT2D eigenvalue weighted by molar-refractivity contribution is 4.86. The molecular weight excluding hydrogens is 228 g/mol. The van der Waals surface area contributed by atoms with E-state index in [1.165, 1.54) is 38.5 Å². The van der Waals surface area contributed by atoms with Crippen LogP contribution in [0.2, 0.25) is 0 Å². The Morgan fingerprint density at radius 2 is 1.37 bits per heavy atom. The summed E-state index contributed by atoms with van der Waals surface area (Å²) in [4.78, 5) is 0. The fourth-order valence-electron chi connectivity index (χ4n) is 5.02. The standard InChI is InChI=1S/C19H36/c1-4-6-16-7-9-17(10-8-16)18-11-14-19(3,13-5-2)15-12-18/h16-18H,4-15H2,1-3H3. The van der Waals surface area contributed by atoms with E-state index in [0.717, 1.165) is 17.8 Å². The van der Waals surface area contributed by atoms with Crippen LogP contribution in [0.15, 0.2) is 0 Å². The van der Waals surface area contributed by atoms with Gasteiger partial charge in [-0.1, -0.05) is 52.9 Å². The van der Waals surface area contributed by atoms with Gasteiger partial charge in [0.15, 0.2) is 0 Å². The Morgan fingerprint density at radius 3 is 1.89 bits per heavy atom. The molecule has 2 fully saturated rings. The van der Waals surface area contributed by atoms with E-state index in [9.17, 15) is 0 Å². The summed E-state index contributed by atoms with van der Waals surface area (Å²) in [6.07, 6.45) is 18.0. The first-order valence-electron chi connectivity index (χ1n) is 9.17. The Morgan fingerprint density at radius 1 is 0.789 bits per heavy atom. The molecule has 0 radical (unpaired) electrons. The molecule has 112 valence electrons. The van der Waals surface area contributed by atoms with Gasteiger partial charge in [0.05, 0.1) is 0 Å². The van der Waals surface area contributed by atoms with E-state index in [1.54, 1.807) is 38.5 Å². The third-order valence-electron chi connectivity index (χ3n) is 6.35. The largest absolute Gasteiger partial charge is 0.0654 e. The Labute approximate surface area is 121 Å². The van der Waals surface area contributed by atoms with E-state index in [4.69, 9.17) is 0 Å². The second kappa shape index (κ2) is 7.14. The zero-order chi connectivity index (χ0) is 13.7. The minimum Gasteiger partial charge on any atom is -0.0654 e. The van der Waals surface area contributed by atoms with Crippen LogP contribution in [0.4, 0.5) is 0 Å². The maximum absolute atomic E-state index is 2.55. The molecule has 0 saturated heterocycles. The lowest BCUT2D eigenvalue weighted by molar-refractivity contribution is 0.0965. The van der Waals surface area contributed by atoms with Gasteiger partial charge in [-0.3, -0.25) is 0 Å². The molecule has 0 amide bonds. The number of rotatable bonds is 5. The van der Waals surface area contributed by atoms with Crippen molar-refractivity contribution in [3.05, 3.63) is 0 Å². The second-order valence-corrected chi connectivity index (χ2v) is 7.97. The first kappa shape index (κ1) is 15.4. The van der Waals surface area contributed by atoms with Gasteiger partial charge in [0, 0.05) is 0 Å². The average Bonchev–Trinajstić information content (AvgIpc) is 2.41. The van der Waals surface area contributed by atoms with Gasteiger partial charge in [-0.15, -0.1) is 0 Å². The van der Waals surface area contributed by atoms with Crippen molar-refractivity contribution in [2.75, 3.05) is 0 Å². The summed E-state index contributed by atoms with van der Waals surface area (Å²) in [6.45, 7) is 7.25. The van der Waals surface area contributed by atoms with E-state index < -0.39 is 0 Å². The summed E-state index contributed by atoms with van der Waals surface area (Å²) in [6, 6.07) is 0. The Bertz CT molecular complexity index is 239. The van der Waals surface area contributed by atoms with Crippen molar-refractivity contribution in [2.45, 2.75) is 97.8 Å². The minimum atomic E-state index is 0.699. The normalized spacial score (nSPS) is 40.3. The van der Waals surface area contributed by atoms with E-state index in [0.29, 0.717) is 5.41 Å². The van der Waals surface area contributed by atoms with Crippen LogP contribution in [0.3, 0.4) is 0 Å². The van der Waals surface area contributed by atoms with Crippen LogP contribution in [0.1, 0.15) is 97.8 Å². The van der Waals surface area contributed by atoms with Gasteiger partial charge in [0.25, 0.3) is 0 Å². The molecule has 0 unspecified atom stereocenters. The molecule has 19 heavy (non-hydrogen) atoms. The van der Waals surface area contributed by atoms with Gasteiger partial charge in [0.1, 0.15) is 0 Å². The van der Waals surface area contributed by atoms with Crippen molar-refractivity contribution in [3.8, 4) is 0 Å². The Kier molecular flexibility index (Phi) is 5.78. The van der Waals surface area contributed by atoms with Crippen molar-refractivity contribution in [1.29, 1.82) is 0 Å². The third-order valence-corrected chi connectivity index (χ3v) is 6.35. The molecule has 0 atom stereocenters. The molecule has 0 aromatic carbocycles. The van der Waals surface area contributed by atoms with Gasteiger partial charge >= 0.3 is 0 Å². The Hall–Kier alpha value is 0. The van der Waals surface area contributed by atoms with Gasteiger partial charge in [-0.05, 0) is 68.1 Å². The van der Waals surface area contributed by atoms with Crippen LogP contribution < -0.4 is 0 Å². The first-order chi connectivity index (χ1) is 9.17. The molecule has 0 aliphatic heterocycles. The predicted octanol–water partition coefficient (Wildman–Crippen LogP) is 6.59. The summed E-state index contributed by atoms with van der Waals surface area (Å²) < 4.78 is 0. The highest BCUT2D eigenvalue weighted by Crippen LogP contribution is 2.47. The molecule has 0 heteroatoms. The number of hydrogen-bond acceptors (Lipinski definition) is 0. The highest BCUT2D eigenvalue weighted by atomic mass is 14.4. The van der Waals surface area contributed by atoms with Crippen LogP contribution in [0, 0.1) is 23.2 Å². The molecule has 0 heterocycles. The van der Waals surface area contributed by atoms with E-state index in [1.807, 2.05) is 0 Å². The Balaban J connectivity index is 1.73. The summed E-state index contributed by atoms with van der Waals surface area (Å²) in [5.74, 6) is 3.27. The van der Waals surface area contributed by atoms with E-state index >= 15 is 0 Å². The van der Waals surface area contributed by atoms with E-state index in [2.05, 4.69) is 20.8 Å². The monoisotopic (exact) mass is 264 g/mol. The van der Waals surface area contributed by atoms with Crippen molar-refractivity contribution in [2.24, 2.45) is 23.2 Å². The van der Waals surface area contributed by atoms with Crippen LogP contribution in [0.5, 0.6) is 0 Å². The zero-order valence-electron chi connectivity index (χ0n) is 13.7. The molecule has 0 N–H and O–H groups in total. The van der Waals surface area contributed by atoms with Crippen molar-refractivity contribution in [1.82, 2.24) is 0 Å². The minimum absolute atomic E-state index is 0.699. The fraction of sp³-hybridized carbons (Fsp3) is 1.00. The zero-order valence-corrected chi connectivity index (χ0v) is 13.7. The lowest BCUT2D eigenvalue weighted by Gasteiger charge is -2.42. The van der Waals surface area contributed by atoms with Crippen LogP contribution in [0.25, 0.3) is 0 Å². The van der Waals surface area contributed by atoms with Gasteiger partial charge in [-0.2, -0.15) is 0 Å². The summed E-state index contributed by atoms with van der Waals surface area (Å²) in [5.41, 5.74) is 0.699. The predicted molar refractivity (Wildman–Crippen MR) is 85.3 cm³/mol. The first-order valence-corrected chi connectivity index (χ1v) is 9.17. The third kappa shape index (κ3) is 4.23. The molecule has 2 aliphatic carbocycles. The van der Waals surface area contributed by atoms with Crippen molar-refractivity contribution >= 4 is 0 Å². The summed E-state index contributed by atoms with van der Waals surface area (Å²) in [7, 11) is 0. The van der Waals surface area contributed by atoms with Crippen molar-refractivity contribution < 1.29 is 0 Å². The van der Waals surface area contributed by atoms with Crippen LogP contribution in [-0.4, -0.2) is 0 Å². The summed E-state index contributed by atoms with van der Waals surface area (Å²) >= 11 is 0. The second-order valence-electron chi connectivity index (χ2n) is 7.97. The fourth-order valence-corrected chi connectivity index (χ4v) is 5.02. The molecule has 0 spiro atoms. The molecule has 0 aromatic heterocycles. The van der Waals surface area contributed by atoms with Gasteiger partial charge < -0.3 is 0 Å². The molecule has 2 aliphatic rings. The summed E-state index contributed by atoms with van der Waals surface area (Å²) in [5, 5.41) is 0. The topological polar surface area (TPSA) is 0 Å². The van der Waals surface area contributed by atoms with Gasteiger partial charge in [-0.25, -0.2) is 0 Å². The molecule has 0 bridgehead atoms. The molecule has 2 saturated carbocycles. The van der Waals surface area contributed by atoms with Crippen molar-refractivity contribution in [3.63, 3.8) is 0 Å². The average molecular weight is 264 g/mol. The quantitative estimate of drug-likeness (QED) is 0.525.